The molecule has 1 aromatic heterocycles. The van der Waals surface area contributed by atoms with Crippen molar-refractivity contribution in [1.82, 2.24) is 9.97 Å². The monoisotopic (exact) mass is 337 g/mol. The van der Waals surface area contributed by atoms with Gasteiger partial charge in [-0.2, -0.15) is 0 Å². The zero-order valence-corrected chi connectivity index (χ0v) is 11.5. The van der Waals surface area contributed by atoms with Gasteiger partial charge in [0.2, 0.25) is 0 Å². The largest absolute Gasteiger partial charge is 0.393 e. The van der Waals surface area contributed by atoms with E-state index in [1.165, 1.54) is 30.6 Å². The summed E-state index contributed by atoms with van der Waals surface area (Å²) in [7, 11) is 0. The highest BCUT2D eigenvalue weighted by atomic mass is 79.9. The number of nitrogens with two attached hydrogens (primary N) is 1. The second-order valence-corrected chi connectivity index (χ2v) is 4.49. The lowest BCUT2D eigenvalue weighted by Crippen LogP contribution is -2.15. The third kappa shape index (κ3) is 2.88. The predicted molar refractivity (Wildman–Crippen MR) is 75.2 cm³/mol. The number of nitro groups is 1. The minimum atomic E-state index is -0.647. The molecule has 0 fully saturated rings. The van der Waals surface area contributed by atoms with Crippen LogP contribution in [-0.2, 0) is 0 Å². The van der Waals surface area contributed by atoms with Crippen molar-refractivity contribution in [1.29, 1.82) is 0 Å². The molecule has 0 radical (unpaired) electrons. The Morgan fingerprint density at radius 1 is 1.35 bits per heavy atom. The number of hydrogen-bond donors (Lipinski definition) is 2. The standard InChI is InChI=1S/C11H8BrN5O3/c12-8-4-15-9(5-14-8)16-11(18)6-2-1-3-7(10(6)13)17(19)20/h1-5H,13H2,(H,15,16,18). The van der Waals surface area contributed by atoms with Gasteiger partial charge in [0.05, 0.1) is 22.9 Å². The second kappa shape index (κ2) is 5.61. The predicted octanol–water partition coefficient (Wildman–Crippen LogP) is 1.98. The number of benzene rings is 1. The van der Waals surface area contributed by atoms with Crippen molar-refractivity contribution in [2.45, 2.75) is 0 Å². The number of anilines is 2. The van der Waals surface area contributed by atoms with Crippen LogP contribution in [0.4, 0.5) is 17.2 Å². The highest BCUT2D eigenvalue weighted by Gasteiger charge is 2.19. The normalized spacial score (nSPS) is 10.1. The Morgan fingerprint density at radius 3 is 2.70 bits per heavy atom. The highest BCUT2D eigenvalue weighted by molar-refractivity contribution is 9.10. The van der Waals surface area contributed by atoms with Crippen molar-refractivity contribution in [3.63, 3.8) is 0 Å². The summed E-state index contributed by atoms with van der Waals surface area (Å²) in [4.78, 5) is 29.9. The van der Waals surface area contributed by atoms with Crippen molar-refractivity contribution >= 4 is 39.0 Å². The lowest BCUT2D eigenvalue weighted by Gasteiger charge is -2.06. The van der Waals surface area contributed by atoms with Gasteiger partial charge >= 0.3 is 0 Å². The van der Waals surface area contributed by atoms with Gasteiger partial charge in [0.1, 0.15) is 10.3 Å². The van der Waals surface area contributed by atoms with Crippen LogP contribution in [0.25, 0.3) is 0 Å². The zero-order valence-electron chi connectivity index (χ0n) is 9.91. The molecule has 0 aliphatic carbocycles. The van der Waals surface area contributed by atoms with Crippen LogP contribution in [-0.4, -0.2) is 20.8 Å². The molecule has 2 aromatic rings. The Morgan fingerprint density at radius 2 is 2.10 bits per heavy atom. The summed E-state index contributed by atoms with van der Waals surface area (Å²) < 4.78 is 0.519. The molecule has 0 saturated carbocycles. The molecule has 0 aliphatic rings. The molecule has 2 rings (SSSR count). The minimum absolute atomic E-state index is 0.00363. The lowest BCUT2D eigenvalue weighted by molar-refractivity contribution is -0.383. The molecule has 0 spiro atoms. The van der Waals surface area contributed by atoms with E-state index in [4.69, 9.17) is 5.73 Å². The summed E-state index contributed by atoms with van der Waals surface area (Å²) in [6, 6.07) is 4.01. The molecular weight excluding hydrogens is 330 g/mol. The summed E-state index contributed by atoms with van der Waals surface area (Å²) in [5.41, 5.74) is 5.11. The average Bonchev–Trinajstić information content (AvgIpc) is 2.41. The molecule has 9 heteroatoms. The van der Waals surface area contributed by atoms with Crippen LogP contribution in [0.15, 0.2) is 35.2 Å². The Balaban J connectivity index is 2.28. The molecule has 0 atom stereocenters. The van der Waals surface area contributed by atoms with Gasteiger partial charge in [-0.3, -0.25) is 14.9 Å². The number of rotatable bonds is 3. The summed E-state index contributed by atoms with van der Waals surface area (Å²) in [6.07, 6.45) is 2.75. The van der Waals surface area contributed by atoms with Gasteiger partial charge in [-0.25, -0.2) is 9.97 Å². The fourth-order valence-electron chi connectivity index (χ4n) is 1.47. The first-order valence-electron chi connectivity index (χ1n) is 5.31. The number of nitrogen functional groups attached to an aromatic ring is 1. The smallest absolute Gasteiger partial charge is 0.292 e. The van der Waals surface area contributed by atoms with Crippen LogP contribution >= 0.6 is 15.9 Å². The van der Waals surface area contributed by atoms with Crippen molar-refractivity contribution in [3.8, 4) is 0 Å². The number of aromatic nitrogens is 2. The maximum atomic E-state index is 12.0. The number of carbonyl (C=O) groups is 1. The third-order valence-corrected chi connectivity index (χ3v) is 2.80. The summed E-state index contributed by atoms with van der Waals surface area (Å²) in [5.74, 6) is -0.382. The van der Waals surface area contributed by atoms with Crippen molar-refractivity contribution in [3.05, 3.63) is 50.9 Å². The molecule has 0 saturated heterocycles. The molecule has 0 bridgehead atoms. The number of nitro benzene ring substituents is 1. The highest BCUT2D eigenvalue weighted by Crippen LogP contribution is 2.25. The van der Waals surface area contributed by atoms with E-state index in [1.807, 2.05) is 0 Å². The summed E-state index contributed by atoms with van der Waals surface area (Å²) >= 11 is 3.11. The quantitative estimate of drug-likeness (QED) is 0.501. The fraction of sp³-hybridized carbons (Fsp3) is 0. The second-order valence-electron chi connectivity index (χ2n) is 3.67. The van der Waals surface area contributed by atoms with Crippen LogP contribution in [0.2, 0.25) is 0 Å². The number of halogens is 1. The van der Waals surface area contributed by atoms with Crippen LogP contribution in [0.1, 0.15) is 10.4 Å². The van der Waals surface area contributed by atoms with Gasteiger partial charge in [-0.05, 0) is 22.0 Å². The molecule has 1 amide bonds. The van der Waals surface area contributed by atoms with Gasteiger partial charge in [-0.1, -0.05) is 6.07 Å². The molecule has 102 valence electrons. The SMILES string of the molecule is Nc1c(C(=O)Nc2cnc(Br)cn2)cccc1[N+](=O)[O-]. The van der Waals surface area contributed by atoms with Gasteiger partial charge in [0.15, 0.2) is 5.82 Å². The third-order valence-electron chi connectivity index (χ3n) is 2.39. The topological polar surface area (TPSA) is 124 Å². The van der Waals surface area contributed by atoms with Crippen LogP contribution in [0.3, 0.4) is 0 Å². The summed E-state index contributed by atoms with van der Waals surface area (Å²) in [6.45, 7) is 0. The average molecular weight is 338 g/mol. The van der Waals surface area contributed by atoms with E-state index in [-0.39, 0.29) is 22.8 Å². The van der Waals surface area contributed by atoms with Crippen molar-refractivity contribution in [2.75, 3.05) is 11.1 Å². The molecule has 1 heterocycles. The van der Waals surface area contributed by atoms with Crippen LogP contribution < -0.4 is 11.1 Å². The Hall–Kier alpha value is -2.55. The van der Waals surface area contributed by atoms with Gasteiger partial charge in [0, 0.05) is 6.07 Å². The van der Waals surface area contributed by atoms with Gasteiger partial charge in [-0.15, -0.1) is 0 Å². The van der Waals surface area contributed by atoms with Gasteiger partial charge in [0.25, 0.3) is 11.6 Å². The molecule has 3 N–H and O–H groups in total. The number of carbonyl (C=O) groups excluding carboxylic acids is 1. The van der Waals surface area contributed by atoms with E-state index < -0.39 is 10.8 Å². The van der Waals surface area contributed by atoms with E-state index >= 15 is 0 Å². The number of amides is 1. The van der Waals surface area contributed by atoms with E-state index in [0.29, 0.717) is 4.60 Å². The molecule has 20 heavy (non-hydrogen) atoms. The summed E-state index contributed by atoms with van der Waals surface area (Å²) in [5, 5.41) is 13.2. The van der Waals surface area contributed by atoms with Gasteiger partial charge < -0.3 is 11.1 Å². The molecule has 8 nitrogen and oxygen atoms in total. The fourth-order valence-corrected chi connectivity index (χ4v) is 1.68. The first-order valence-corrected chi connectivity index (χ1v) is 6.10. The Bertz CT molecular complexity index is 674. The number of nitrogens with one attached hydrogen (secondary N) is 1. The minimum Gasteiger partial charge on any atom is -0.393 e. The molecule has 0 unspecified atom stereocenters. The van der Waals surface area contributed by atoms with Crippen molar-refractivity contribution < 1.29 is 9.72 Å². The molecule has 0 aliphatic heterocycles. The van der Waals surface area contributed by atoms with E-state index in [1.54, 1.807) is 0 Å². The maximum Gasteiger partial charge on any atom is 0.292 e. The van der Waals surface area contributed by atoms with Crippen molar-refractivity contribution in [2.24, 2.45) is 0 Å². The molecule has 1 aromatic carbocycles. The number of nitrogens with zero attached hydrogens (tertiary/aromatic N) is 3. The Labute approximate surface area is 121 Å². The first kappa shape index (κ1) is 13.9. The maximum absolute atomic E-state index is 12.0. The number of para-hydroxylation sites is 1. The van der Waals surface area contributed by atoms with E-state index in [0.717, 1.165) is 0 Å². The van der Waals surface area contributed by atoms with Crippen LogP contribution in [0, 0.1) is 10.1 Å². The van der Waals surface area contributed by atoms with E-state index in [2.05, 4.69) is 31.2 Å². The van der Waals surface area contributed by atoms with Crippen LogP contribution in [0.5, 0.6) is 0 Å². The first-order chi connectivity index (χ1) is 9.49. The van der Waals surface area contributed by atoms with E-state index in [9.17, 15) is 14.9 Å². The molecular formula is C11H8BrN5O3. The lowest BCUT2D eigenvalue weighted by atomic mass is 10.1. The zero-order chi connectivity index (χ0) is 14.7. The Kier molecular flexibility index (Phi) is 3.89. The number of hydrogen-bond acceptors (Lipinski definition) is 6.